The molecule has 0 aromatic heterocycles. The molecule has 0 aliphatic rings. The maximum Gasteiger partial charge on any atom is 0.248 e. The van der Waals surface area contributed by atoms with E-state index in [0.717, 1.165) is 5.56 Å². The lowest BCUT2D eigenvalue weighted by Crippen LogP contribution is -2.08. The summed E-state index contributed by atoms with van der Waals surface area (Å²) in [5.41, 5.74) is 1.39. The number of ether oxygens (including phenoxy) is 1. The van der Waals surface area contributed by atoms with Crippen molar-refractivity contribution in [2.24, 2.45) is 0 Å². The highest BCUT2D eigenvalue weighted by molar-refractivity contribution is 6.02. The summed E-state index contributed by atoms with van der Waals surface area (Å²) >= 11 is 0. The summed E-state index contributed by atoms with van der Waals surface area (Å²) in [5.74, 6) is -0.292. The molecule has 124 valence electrons. The number of amides is 1. The van der Waals surface area contributed by atoms with Gasteiger partial charge in [-0.3, -0.25) is 4.79 Å². The van der Waals surface area contributed by atoms with Gasteiger partial charge in [-0.05, 0) is 35.9 Å². The van der Waals surface area contributed by atoms with E-state index < -0.39 is 5.82 Å². The van der Waals surface area contributed by atoms with Gasteiger partial charge in [0.15, 0.2) is 17.3 Å². The third-order valence-electron chi connectivity index (χ3n) is 3.43. The van der Waals surface area contributed by atoms with Crippen molar-refractivity contribution in [1.82, 2.24) is 0 Å². The van der Waals surface area contributed by atoms with Crippen LogP contribution in [-0.2, 0) is 4.79 Å². The summed E-state index contributed by atoms with van der Waals surface area (Å²) < 4.78 is 19.3. The van der Waals surface area contributed by atoms with E-state index in [1.807, 2.05) is 30.3 Å². The Balaban J connectivity index is 1.74. The van der Waals surface area contributed by atoms with E-state index in [0.29, 0.717) is 11.4 Å². The highest BCUT2D eigenvalue weighted by Crippen LogP contribution is 2.30. The maximum atomic E-state index is 13.8. The number of hydrogen-bond donors (Lipinski definition) is 1. The van der Waals surface area contributed by atoms with Gasteiger partial charge in [0.2, 0.25) is 5.91 Å². The zero-order valence-corrected chi connectivity index (χ0v) is 13.4. The first-order chi connectivity index (χ1) is 12.2. The third-order valence-corrected chi connectivity index (χ3v) is 3.43. The maximum absolute atomic E-state index is 13.8. The van der Waals surface area contributed by atoms with Crippen LogP contribution in [0.4, 0.5) is 10.1 Å². The van der Waals surface area contributed by atoms with Crippen molar-refractivity contribution >= 4 is 17.7 Å². The van der Waals surface area contributed by atoms with Crippen molar-refractivity contribution in [3.8, 4) is 11.5 Å². The lowest BCUT2D eigenvalue weighted by Gasteiger charge is -2.11. The Hall–Kier alpha value is -3.40. The topological polar surface area (TPSA) is 38.3 Å². The molecule has 0 saturated carbocycles. The molecule has 3 aromatic carbocycles. The van der Waals surface area contributed by atoms with Crippen molar-refractivity contribution < 1.29 is 13.9 Å². The largest absolute Gasteiger partial charge is 0.452 e. The van der Waals surface area contributed by atoms with E-state index in [2.05, 4.69) is 5.32 Å². The first-order valence-corrected chi connectivity index (χ1v) is 7.78. The van der Waals surface area contributed by atoms with Gasteiger partial charge in [0, 0.05) is 6.08 Å². The number of benzene rings is 3. The molecule has 0 unspecified atom stereocenters. The molecule has 3 rings (SSSR count). The van der Waals surface area contributed by atoms with Crippen LogP contribution in [0, 0.1) is 5.82 Å². The van der Waals surface area contributed by atoms with E-state index in [9.17, 15) is 9.18 Å². The van der Waals surface area contributed by atoms with Crippen LogP contribution in [-0.4, -0.2) is 5.91 Å². The second-order valence-corrected chi connectivity index (χ2v) is 5.26. The van der Waals surface area contributed by atoms with E-state index in [4.69, 9.17) is 4.74 Å². The molecule has 0 aliphatic heterocycles. The lowest BCUT2D eigenvalue weighted by atomic mass is 10.2. The zero-order chi connectivity index (χ0) is 17.5. The van der Waals surface area contributed by atoms with Crippen LogP contribution in [0.3, 0.4) is 0 Å². The highest BCUT2D eigenvalue weighted by Gasteiger charge is 2.09. The number of hydrogen-bond acceptors (Lipinski definition) is 2. The van der Waals surface area contributed by atoms with Gasteiger partial charge in [-0.25, -0.2) is 4.39 Å². The number of halogens is 1. The quantitative estimate of drug-likeness (QED) is 0.646. The molecule has 4 heteroatoms. The van der Waals surface area contributed by atoms with Crippen molar-refractivity contribution in [2.45, 2.75) is 0 Å². The highest BCUT2D eigenvalue weighted by atomic mass is 19.1. The lowest BCUT2D eigenvalue weighted by molar-refractivity contribution is -0.111. The molecular weight excluding hydrogens is 317 g/mol. The Morgan fingerprint density at radius 3 is 2.24 bits per heavy atom. The number of rotatable bonds is 5. The predicted molar refractivity (Wildman–Crippen MR) is 97.0 cm³/mol. The molecule has 1 N–H and O–H groups in total. The zero-order valence-electron chi connectivity index (χ0n) is 13.4. The van der Waals surface area contributed by atoms with Gasteiger partial charge in [-0.1, -0.05) is 54.6 Å². The second kappa shape index (κ2) is 7.93. The standard InChI is InChI=1S/C21H16FNO2/c22-17-10-4-6-12-19(17)25-20-13-7-5-11-18(20)23-21(24)15-14-16-8-2-1-3-9-16/h1-15H,(H,23,24). The van der Waals surface area contributed by atoms with Crippen molar-refractivity contribution in [3.05, 3.63) is 96.3 Å². The molecule has 0 aliphatic carbocycles. The fraction of sp³-hybridized carbons (Fsp3) is 0. The van der Waals surface area contributed by atoms with E-state index in [1.54, 1.807) is 42.5 Å². The van der Waals surface area contributed by atoms with Gasteiger partial charge in [0.1, 0.15) is 0 Å². The monoisotopic (exact) mass is 333 g/mol. The normalized spacial score (nSPS) is 10.6. The molecule has 0 heterocycles. The Bertz CT molecular complexity index is 891. The third kappa shape index (κ3) is 4.54. The van der Waals surface area contributed by atoms with Gasteiger partial charge in [-0.15, -0.1) is 0 Å². The SMILES string of the molecule is O=C(C=Cc1ccccc1)Nc1ccccc1Oc1ccccc1F. The average molecular weight is 333 g/mol. The minimum atomic E-state index is -0.465. The number of nitrogens with one attached hydrogen (secondary N) is 1. The van der Waals surface area contributed by atoms with Gasteiger partial charge in [0.25, 0.3) is 0 Å². The first kappa shape index (κ1) is 16.5. The van der Waals surface area contributed by atoms with Crippen molar-refractivity contribution in [2.75, 3.05) is 5.32 Å². The van der Waals surface area contributed by atoms with E-state index in [1.165, 1.54) is 18.2 Å². The number of anilines is 1. The summed E-state index contributed by atoms with van der Waals surface area (Å²) in [6.45, 7) is 0. The van der Waals surface area contributed by atoms with Crippen LogP contribution in [0.15, 0.2) is 84.9 Å². The Morgan fingerprint density at radius 1 is 0.840 bits per heavy atom. The van der Waals surface area contributed by atoms with Gasteiger partial charge in [-0.2, -0.15) is 0 Å². The molecule has 0 atom stereocenters. The smallest absolute Gasteiger partial charge is 0.248 e. The summed E-state index contributed by atoms with van der Waals surface area (Å²) in [6, 6.07) is 22.5. The van der Waals surface area contributed by atoms with Crippen molar-refractivity contribution in [1.29, 1.82) is 0 Å². The fourth-order valence-electron chi connectivity index (χ4n) is 2.22. The van der Waals surface area contributed by atoms with Gasteiger partial charge in [0.05, 0.1) is 5.69 Å². The second-order valence-electron chi connectivity index (χ2n) is 5.26. The van der Waals surface area contributed by atoms with Crippen LogP contribution >= 0.6 is 0 Å². The number of carbonyl (C=O) groups is 1. The predicted octanol–water partition coefficient (Wildman–Crippen LogP) is 5.27. The number of para-hydroxylation sites is 3. The molecule has 1 amide bonds. The molecule has 0 bridgehead atoms. The first-order valence-electron chi connectivity index (χ1n) is 7.78. The van der Waals surface area contributed by atoms with Crippen LogP contribution in [0.25, 0.3) is 6.08 Å². The van der Waals surface area contributed by atoms with E-state index in [-0.39, 0.29) is 11.7 Å². The molecule has 0 fully saturated rings. The van der Waals surface area contributed by atoms with Crippen molar-refractivity contribution in [3.63, 3.8) is 0 Å². The van der Waals surface area contributed by atoms with E-state index >= 15 is 0 Å². The summed E-state index contributed by atoms with van der Waals surface area (Å²) in [5, 5.41) is 2.75. The number of carbonyl (C=O) groups excluding carboxylic acids is 1. The molecule has 0 spiro atoms. The van der Waals surface area contributed by atoms with Crippen LogP contribution in [0.1, 0.15) is 5.56 Å². The van der Waals surface area contributed by atoms with Crippen LogP contribution in [0.5, 0.6) is 11.5 Å². The molecule has 3 nitrogen and oxygen atoms in total. The Kier molecular flexibility index (Phi) is 5.22. The molecule has 25 heavy (non-hydrogen) atoms. The molecule has 0 saturated heterocycles. The fourth-order valence-corrected chi connectivity index (χ4v) is 2.22. The average Bonchev–Trinajstić information content (AvgIpc) is 2.64. The summed E-state index contributed by atoms with van der Waals surface area (Å²) in [6.07, 6.45) is 3.16. The van der Waals surface area contributed by atoms with Crippen LogP contribution in [0.2, 0.25) is 0 Å². The van der Waals surface area contributed by atoms with Crippen LogP contribution < -0.4 is 10.1 Å². The minimum Gasteiger partial charge on any atom is -0.452 e. The molecular formula is C21H16FNO2. The Morgan fingerprint density at radius 2 is 1.48 bits per heavy atom. The van der Waals surface area contributed by atoms with Gasteiger partial charge >= 0.3 is 0 Å². The summed E-state index contributed by atoms with van der Waals surface area (Å²) in [7, 11) is 0. The Labute approximate surface area is 145 Å². The summed E-state index contributed by atoms with van der Waals surface area (Å²) in [4.78, 5) is 12.1. The minimum absolute atomic E-state index is 0.101. The molecule has 0 radical (unpaired) electrons. The molecule has 3 aromatic rings. The van der Waals surface area contributed by atoms with Gasteiger partial charge < -0.3 is 10.1 Å².